The van der Waals surface area contributed by atoms with Gasteiger partial charge in [-0.25, -0.2) is 0 Å². The summed E-state index contributed by atoms with van der Waals surface area (Å²) in [4.78, 5) is 107. The van der Waals surface area contributed by atoms with E-state index in [4.69, 9.17) is 20.0 Å². The van der Waals surface area contributed by atoms with Crippen LogP contribution in [0.5, 0.6) is 0 Å². The first-order chi connectivity index (χ1) is 36.5. The van der Waals surface area contributed by atoms with Crippen molar-refractivity contribution in [2.75, 3.05) is 88.2 Å². The van der Waals surface area contributed by atoms with Crippen LogP contribution >= 0.6 is 0 Å². The molecule has 468 valence electrons. The van der Waals surface area contributed by atoms with E-state index in [0.29, 0.717) is 0 Å². The van der Waals surface area contributed by atoms with Crippen molar-refractivity contribution in [3.8, 4) is 0 Å². The highest BCUT2D eigenvalue weighted by atomic mass is 17.1. The SMILES string of the molecule is CC(=O)C=C(C)[O-].CC(=O)C=C(C)[O-].CC(=O)CC(C)=O.CC(=O)CC(C)=O.CC(=O)O[O-].CCCCN1C=CN(C)C1.CCCCN1C=CN(C)C1.CCCCN1C=CN(C)C1.CCCCN1C=CN(C)C1.CO.O.O=C=O.[OH-]. The molecule has 24 heteroatoms. The minimum absolute atomic E-state index is 0. The van der Waals surface area contributed by atoms with E-state index in [2.05, 4.69) is 150 Å². The number of Topliss-reactive ketones (excluding diaryl/α,β-unsaturated/α-hetero) is 4. The maximum absolute atomic E-state index is 10.0. The van der Waals surface area contributed by atoms with Gasteiger partial charge in [0.05, 0.1) is 39.5 Å². The summed E-state index contributed by atoms with van der Waals surface area (Å²) < 4.78 is 0. The highest BCUT2D eigenvalue weighted by Crippen LogP contribution is 2.07. The van der Waals surface area contributed by atoms with Crippen molar-refractivity contribution in [1.29, 1.82) is 0 Å². The molecule has 4 aliphatic rings. The Balaban J connectivity index is -0.000000101. The molecule has 0 radical (unpaired) electrons. The Kier molecular flexibility index (Phi) is 76.8. The number of aliphatic hydroxyl groups is 1. The molecule has 0 fully saturated rings. The van der Waals surface area contributed by atoms with E-state index in [-0.39, 0.29) is 76.2 Å². The predicted octanol–water partition coefficient (Wildman–Crippen LogP) is 3.49. The van der Waals surface area contributed by atoms with E-state index in [1.807, 2.05) is 0 Å². The van der Waals surface area contributed by atoms with E-state index >= 15 is 0 Å². The van der Waals surface area contributed by atoms with E-state index < -0.39 is 5.97 Å². The van der Waals surface area contributed by atoms with E-state index in [9.17, 15) is 43.8 Å². The number of hydrogen-bond acceptors (Lipinski definition) is 23. The van der Waals surface area contributed by atoms with Gasteiger partial charge in [-0.3, -0.25) is 33.6 Å². The number of allylic oxidation sites excluding steroid dienone is 4. The van der Waals surface area contributed by atoms with E-state index in [1.165, 1.54) is 133 Å². The van der Waals surface area contributed by atoms with Crippen LogP contribution in [0.2, 0.25) is 0 Å². The van der Waals surface area contributed by atoms with Crippen LogP contribution in [0.1, 0.15) is 154 Å². The second-order valence-corrected chi connectivity index (χ2v) is 18.0. The minimum atomic E-state index is -0.801. The van der Waals surface area contributed by atoms with Gasteiger partial charge in [-0.05, 0) is 79.4 Å². The zero-order valence-electron chi connectivity index (χ0n) is 51.8. The molecular weight excluding hydrogens is 1040 g/mol. The number of ketones is 6. The molecule has 4 aliphatic heterocycles. The molecule has 0 unspecified atom stereocenters. The molecular formula is C56H104N8O16-4. The molecule has 4 N–H and O–H groups in total. The Morgan fingerprint density at radius 1 is 0.463 bits per heavy atom. The third-order valence-electron chi connectivity index (χ3n) is 8.87. The van der Waals surface area contributed by atoms with Gasteiger partial charge in [0.25, 0.3) is 5.97 Å². The Morgan fingerprint density at radius 2 is 0.637 bits per heavy atom. The summed E-state index contributed by atoms with van der Waals surface area (Å²) in [7, 11) is 9.40. The number of carbonyl (C=O) groups excluding carboxylic acids is 9. The molecule has 0 spiro atoms. The molecule has 0 aromatic heterocycles. The largest absolute Gasteiger partial charge is 0.876 e. The van der Waals surface area contributed by atoms with Gasteiger partial charge in [0.1, 0.15) is 23.1 Å². The number of hydrogen-bond donors (Lipinski definition) is 1. The minimum Gasteiger partial charge on any atom is -0.876 e. The van der Waals surface area contributed by atoms with Crippen LogP contribution in [-0.4, -0.2) is 190 Å². The van der Waals surface area contributed by atoms with Gasteiger partial charge in [0, 0.05) is 118 Å². The van der Waals surface area contributed by atoms with Crippen molar-refractivity contribution in [3.05, 3.63) is 73.3 Å². The number of rotatable bonds is 18. The Bertz CT molecular complexity index is 1600. The molecule has 0 bridgehead atoms. The normalized spacial score (nSPS) is 12.6. The summed E-state index contributed by atoms with van der Waals surface area (Å²) in [6, 6.07) is 0. The van der Waals surface area contributed by atoms with Crippen LogP contribution in [-0.2, 0) is 48.0 Å². The molecule has 4 heterocycles. The van der Waals surface area contributed by atoms with Crippen LogP contribution in [0.3, 0.4) is 0 Å². The highest BCUT2D eigenvalue weighted by Gasteiger charge is 2.08. The topological polar surface area (TPSA) is 340 Å². The lowest BCUT2D eigenvalue weighted by molar-refractivity contribution is -0.656. The van der Waals surface area contributed by atoms with Crippen LogP contribution in [0.15, 0.2) is 73.3 Å². The molecule has 0 saturated carbocycles. The lowest BCUT2D eigenvalue weighted by atomic mass is 10.2. The third-order valence-corrected chi connectivity index (χ3v) is 8.87. The van der Waals surface area contributed by atoms with Gasteiger partial charge in [0.2, 0.25) is 0 Å². The summed E-state index contributed by atoms with van der Waals surface area (Å²) in [5, 5.41) is 35.7. The van der Waals surface area contributed by atoms with Gasteiger partial charge in [0.15, 0.2) is 11.6 Å². The standard InChI is InChI=1S/4C8H16N2.4C5H8O2.C2H4O3.CO2.CH4O.2H2O/c4*1-3-4-5-10-7-6-9(2)8-10;4*1-4(6)3-5(2)7;1-2(3)5-4;2-1-3;1-2;;/h4*6-7H,3-5,8H2,1-2H3;2*3H2,1-2H3;2*3,6H,1-2H3;4H,1H3;;2H,1H3;2*1H2/p-4. The van der Waals surface area contributed by atoms with Gasteiger partial charge in [-0.1, -0.05) is 67.2 Å². The van der Waals surface area contributed by atoms with Crippen molar-refractivity contribution in [3.63, 3.8) is 0 Å². The molecule has 24 nitrogen and oxygen atoms in total. The second-order valence-electron chi connectivity index (χ2n) is 18.0. The lowest BCUT2D eigenvalue weighted by Crippen LogP contribution is -2.23. The van der Waals surface area contributed by atoms with Crippen LogP contribution in [0.25, 0.3) is 0 Å². The number of unbranched alkanes of at least 4 members (excludes halogenated alkanes) is 4. The van der Waals surface area contributed by atoms with Crippen LogP contribution in [0.4, 0.5) is 0 Å². The van der Waals surface area contributed by atoms with E-state index in [1.54, 1.807) is 0 Å². The molecule has 4 rings (SSSR count). The van der Waals surface area contributed by atoms with Gasteiger partial charge < -0.3 is 75.6 Å². The zero-order chi connectivity index (χ0) is 62.0. The highest BCUT2D eigenvalue weighted by molar-refractivity contribution is 5.97. The number of carbonyl (C=O) groups is 7. The quantitative estimate of drug-likeness (QED) is 0.0675. The average Bonchev–Trinajstić information content (AvgIpc) is 4.16. The lowest BCUT2D eigenvalue weighted by Gasteiger charge is -2.17. The smallest absolute Gasteiger partial charge is 0.373 e. The third kappa shape index (κ3) is 87.8. The predicted molar refractivity (Wildman–Crippen MR) is 305 cm³/mol. The fourth-order valence-corrected chi connectivity index (χ4v) is 5.66. The Morgan fingerprint density at radius 3 is 0.700 bits per heavy atom. The second kappa shape index (κ2) is 66.4. The van der Waals surface area contributed by atoms with E-state index in [0.717, 1.165) is 52.9 Å². The van der Waals surface area contributed by atoms with Gasteiger partial charge >= 0.3 is 6.15 Å². The van der Waals surface area contributed by atoms with Crippen LogP contribution < -0.4 is 15.5 Å². The van der Waals surface area contributed by atoms with Crippen molar-refractivity contribution < 1.29 is 79.6 Å². The summed E-state index contributed by atoms with van der Waals surface area (Å²) >= 11 is 0. The molecule has 0 aliphatic carbocycles. The summed E-state index contributed by atoms with van der Waals surface area (Å²) in [6.07, 6.45) is 30.0. The summed E-state index contributed by atoms with van der Waals surface area (Å²) in [5.74, 6) is -1.80. The maximum atomic E-state index is 10.0. The van der Waals surface area contributed by atoms with Gasteiger partial charge in [-0.2, -0.15) is 9.59 Å². The van der Waals surface area contributed by atoms with Crippen molar-refractivity contribution in [2.45, 2.75) is 154 Å². The molecule has 0 atom stereocenters. The average molecular weight is 1150 g/mol. The van der Waals surface area contributed by atoms with Crippen molar-refractivity contribution in [1.82, 2.24) is 39.2 Å². The Hall–Kier alpha value is -6.85. The monoisotopic (exact) mass is 1140 g/mol. The molecule has 0 amide bonds. The summed E-state index contributed by atoms with van der Waals surface area (Å²) in [6.45, 7) is 30.1. The maximum Gasteiger partial charge on any atom is 0.373 e. The van der Waals surface area contributed by atoms with Crippen LogP contribution in [0, 0.1) is 0 Å². The first-order valence-corrected chi connectivity index (χ1v) is 25.9. The number of nitrogens with zero attached hydrogens (tertiary/aromatic N) is 8. The molecule has 0 saturated heterocycles. The number of aliphatic hydroxyl groups excluding tert-OH is 1. The fourth-order valence-electron chi connectivity index (χ4n) is 5.66. The fraction of sp³-hybridized carbons (Fsp3) is 0.643. The summed E-state index contributed by atoms with van der Waals surface area (Å²) in [5.41, 5.74) is 0. The molecule has 0 aromatic carbocycles. The van der Waals surface area contributed by atoms with Crippen molar-refractivity contribution in [2.24, 2.45) is 0 Å². The van der Waals surface area contributed by atoms with Gasteiger partial charge in [-0.15, -0.1) is 11.5 Å². The first-order valence-electron chi connectivity index (χ1n) is 25.9. The molecule has 80 heavy (non-hydrogen) atoms. The first kappa shape index (κ1) is 92.5. The Labute approximate surface area is 479 Å². The molecule has 0 aromatic rings. The van der Waals surface area contributed by atoms with Crippen molar-refractivity contribution >= 4 is 46.8 Å². The zero-order valence-corrected chi connectivity index (χ0v) is 51.8.